The van der Waals surface area contributed by atoms with Crippen molar-refractivity contribution in [1.29, 1.82) is 0 Å². The number of nitrogens with two attached hydrogens (primary N) is 3. The lowest BCUT2D eigenvalue weighted by molar-refractivity contribution is -0.142. The first-order valence-electron chi connectivity index (χ1n) is 10.6. The molecule has 0 aliphatic rings. The Morgan fingerprint density at radius 3 is 1.85 bits per heavy atom. The van der Waals surface area contributed by atoms with E-state index >= 15 is 0 Å². The van der Waals surface area contributed by atoms with Gasteiger partial charge in [-0.25, -0.2) is 4.79 Å². The van der Waals surface area contributed by atoms with Crippen molar-refractivity contribution >= 4 is 29.6 Å². The maximum atomic E-state index is 12.7. The number of aliphatic carboxylic acids is 1. The number of carboxylic acids is 1. The zero-order valence-electron chi connectivity index (χ0n) is 18.8. The zero-order valence-corrected chi connectivity index (χ0v) is 18.8. The molecule has 0 spiro atoms. The van der Waals surface area contributed by atoms with Gasteiger partial charge >= 0.3 is 5.97 Å². The average Bonchev–Trinajstić information content (AvgIpc) is 2.72. The van der Waals surface area contributed by atoms with E-state index < -0.39 is 66.0 Å². The molecule has 4 amide bonds. The molecule has 0 rings (SSSR count). The molecule has 33 heavy (non-hydrogen) atoms. The molecule has 0 aliphatic carbocycles. The Hall–Kier alpha value is -2.81. The maximum absolute atomic E-state index is 12.7. The second kappa shape index (κ2) is 15.1. The first-order valence-corrected chi connectivity index (χ1v) is 10.6. The number of hydrogen-bond donors (Lipinski definition) is 9. The summed E-state index contributed by atoms with van der Waals surface area (Å²) in [5, 5.41) is 35.5. The number of nitrogens with one attached hydrogen (secondary N) is 3. The van der Waals surface area contributed by atoms with Crippen molar-refractivity contribution in [2.24, 2.45) is 17.2 Å². The molecule has 0 aromatic heterocycles. The van der Waals surface area contributed by atoms with E-state index in [9.17, 15) is 39.3 Å². The van der Waals surface area contributed by atoms with E-state index in [1.807, 2.05) is 0 Å². The molecule has 12 N–H and O–H groups in total. The van der Waals surface area contributed by atoms with Gasteiger partial charge in [0.05, 0.1) is 12.2 Å². The topological polar surface area (TPSA) is 260 Å². The van der Waals surface area contributed by atoms with Gasteiger partial charge in [0.15, 0.2) is 0 Å². The molecule has 14 heteroatoms. The van der Waals surface area contributed by atoms with Crippen LogP contribution in [0.2, 0.25) is 0 Å². The summed E-state index contributed by atoms with van der Waals surface area (Å²) in [4.78, 5) is 60.1. The number of rotatable bonds is 16. The van der Waals surface area contributed by atoms with Crippen LogP contribution >= 0.6 is 0 Å². The Morgan fingerprint density at radius 2 is 1.39 bits per heavy atom. The first-order chi connectivity index (χ1) is 15.3. The highest BCUT2D eigenvalue weighted by atomic mass is 16.4. The van der Waals surface area contributed by atoms with Crippen molar-refractivity contribution in [3.63, 3.8) is 0 Å². The number of carbonyl (C=O) groups is 5. The van der Waals surface area contributed by atoms with Crippen molar-refractivity contribution < 1.29 is 39.3 Å². The number of hydrogen-bond acceptors (Lipinski definition) is 9. The van der Waals surface area contributed by atoms with Crippen LogP contribution in [0.15, 0.2) is 0 Å². The van der Waals surface area contributed by atoms with Crippen LogP contribution in [0.4, 0.5) is 0 Å². The molecule has 0 aromatic rings. The van der Waals surface area contributed by atoms with Crippen LogP contribution in [0.5, 0.6) is 0 Å². The van der Waals surface area contributed by atoms with Crippen molar-refractivity contribution in [3.8, 4) is 0 Å². The lowest BCUT2D eigenvalue weighted by Gasteiger charge is -2.26. The third-order valence-electron chi connectivity index (χ3n) is 4.76. The predicted molar refractivity (Wildman–Crippen MR) is 116 cm³/mol. The minimum absolute atomic E-state index is 0.0956. The van der Waals surface area contributed by atoms with Gasteiger partial charge in [-0.05, 0) is 46.1 Å². The smallest absolute Gasteiger partial charge is 0.326 e. The molecule has 190 valence electrons. The molecule has 0 saturated heterocycles. The quantitative estimate of drug-likeness (QED) is 0.0975. The monoisotopic (exact) mass is 476 g/mol. The Balaban J connectivity index is 5.46. The SMILES string of the molecule is CC(O)C(N)C(=O)NC(C(=O)NC(CCC(N)=O)C(=O)NC(CCCCN)C(=O)O)C(C)O. The summed E-state index contributed by atoms with van der Waals surface area (Å²) >= 11 is 0. The first kappa shape index (κ1) is 30.2. The number of carboxylic acid groups (broad SMARTS) is 1. The lowest BCUT2D eigenvalue weighted by atomic mass is 10.1. The summed E-state index contributed by atoms with van der Waals surface area (Å²) in [5.74, 6) is -4.85. The number of primary amides is 1. The molecule has 0 fully saturated rings. The van der Waals surface area contributed by atoms with Crippen LogP contribution in [-0.2, 0) is 24.0 Å². The van der Waals surface area contributed by atoms with Crippen molar-refractivity contribution in [1.82, 2.24) is 16.0 Å². The van der Waals surface area contributed by atoms with Crippen molar-refractivity contribution in [2.75, 3.05) is 6.54 Å². The van der Waals surface area contributed by atoms with Gasteiger partial charge in [0.2, 0.25) is 23.6 Å². The molecular formula is C19H36N6O8. The van der Waals surface area contributed by atoms with Crippen molar-refractivity contribution in [2.45, 2.75) is 82.3 Å². The van der Waals surface area contributed by atoms with Gasteiger partial charge in [0, 0.05) is 6.42 Å². The van der Waals surface area contributed by atoms with E-state index in [2.05, 4.69) is 16.0 Å². The van der Waals surface area contributed by atoms with Gasteiger partial charge in [0.1, 0.15) is 24.2 Å². The summed E-state index contributed by atoms with van der Waals surface area (Å²) in [5.41, 5.74) is 16.0. The molecule has 0 aromatic carbocycles. The zero-order chi connectivity index (χ0) is 25.7. The van der Waals surface area contributed by atoms with E-state index in [-0.39, 0.29) is 19.3 Å². The fourth-order valence-corrected chi connectivity index (χ4v) is 2.71. The average molecular weight is 477 g/mol. The van der Waals surface area contributed by atoms with Gasteiger partial charge in [-0.3, -0.25) is 19.2 Å². The standard InChI is InChI=1S/C19H36N6O8/c1-9(26)14(22)17(30)25-15(10(2)27)18(31)23-11(6-7-13(21)28)16(29)24-12(19(32)33)5-3-4-8-20/h9-12,14-15,26-27H,3-8,20,22H2,1-2H3,(H2,21,28)(H,23,31)(H,24,29)(H,25,30)(H,32,33). The van der Waals surface area contributed by atoms with Crippen LogP contribution < -0.4 is 33.2 Å². The number of unbranched alkanes of at least 4 members (excludes halogenated alkanes) is 1. The Kier molecular flexibility index (Phi) is 13.8. The van der Waals surface area contributed by atoms with Crippen molar-refractivity contribution in [3.05, 3.63) is 0 Å². The summed E-state index contributed by atoms with van der Waals surface area (Å²) in [7, 11) is 0. The highest BCUT2D eigenvalue weighted by Crippen LogP contribution is 2.05. The highest BCUT2D eigenvalue weighted by Gasteiger charge is 2.33. The molecule has 14 nitrogen and oxygen atoms in total. The van der Waals surface area contributed by atoms with Gasteiger partial charge in [0.25, 0.3) is 0 Å². The number of aliphatic hydroxyl groups excluding tert-OH is 2. The fraction of sp³-hybridized carbons (Fsp3) is 0.737. The maximum Gasteiger partial charge on any atom is 0.326 e. The Labute approximate surface area is 191 Å². The normalized spacial score (nSPS) is 16.4. The highest BCUT2D eigenvalue weighted by molar-refractivity contribution is 5.94. The molecule has 6 atom stereocenters. The number of aliphatic hydroxyl groups is 2. The van der Waals surface area contributed by atoms with E-state index in [1.165, 1.54) is 13.8 Å². The number of carbonyl (C=O) groups excluding carboxylic acids is 4. The summed E-state index contributed by atoms with van der Waals surface area (Å²) in [6.45, 7) is 2.82. The van der Waals surface area contributed by atoms with Gasteiger partial charge in [-0.2, -0.15) is 0 Å². The van der Waals surface area contributed by atoms with Crippen LogP contribution in [0.3, 0.4) is 0 Å². The third-order valence-corrected chi connectivity index (χ3v) is 4.76. The van der Waals surface area contributed by atoms with E-state index in [1.54, 1.807) is 0 Å². The van der Waals surface area contributed by atoms with E-state index in [0.717, 1.165) is 0 Å². The molecule has 0 aliphatic heterocycles. The Bertz CT molecular complexity index is 687. The molecule has 0 saturated carbocycles. The summed E-state index contributed by atoms with van der Waals surface area (Å²) < 4.78 is 0. The Morgan fingerprint density at radius 1 is 0.818 bits per heavy atom. The fourth-order valence-electron chi connectivity index (χ4n) is 2.71. The van der Waals surface area contributed by atoms with Crippen LogP contribution in [0.25, 0.3) is 0 Å². The molecule has 0 heterocycles. The van der Waals surface area contributed by atoms with E-state index in [4.69, 9.17) is 17.2 Å². The van der Waals surface area contributed by atoms with Gasteiger partial charge in [-0.15, -0.1) is 0 Å². The minimum Gasteiger partial charge on any atom is -0.480 e. The second-order valence-electron chi connectivity index (χ2n) is 7.74. The minimum atomic E-state index is -1.55. The molecule has 6 unspecified atom stereocenters. The predicted octanol–water partition coefficient (Wildman–Crippen LogP) is -3.99. The second-order valence-corrected chi connectivity index (χ2v) is 7.74. The molecule has 0 bridgehead atoms. The van der Waals surface area contributed by atoms with Gasteiger partial charge < -0.3 is 48.5 Å². The third kappa shape index (κ3) is 11.6. The summed E-state index contributed by atoms with van der Waals surface area (Å²) in [6.07, 6.45) is -2.13. The van der Waals surface area contributed by atoms with Crippen LogP contribution in [-0.4, -0.2) is 87.8 Å². The molecule has 0 radical (unpaired) electrons. The number of amides is 4. The largest absolute Gasteiger partial charge is 0.480 e. The van der Waals surface area contributed by atoms with E-state index in [0.29, 0.717) is 19.4 Å². The summed E-state index contributed by atoms with van der Waals surface area (Å²) in [6, 6.07) is -5.57. The van der Waals surface area contributed by atoms with Gasteiger partial charge in [-0.1, -0.05) is 0 Å². The lowest BCUT2D eigenvalue weighted by Crippen LogP contribution is -2.60. The van der Waals surface area contributed by atoms with Crippen LogP contribution in [0, 0.1) is 0 Å². The molecular weight excluding hydrogens is 440 g/mol. The van der Waals surface area contributed by atoms with Crippen LogP contribution in [0.1, 0.15) is 46.0 Å².